The van der Waals surface area contributed by atoms with Crippen molar-refractivity contribution < 1.29 is 33.9 Å². The van der Waals surface area contributed by atoms with Gasteiger partial charge in [-0.3, -0.25) is 0 Å². The van der Waals surface area contributed by atoms with Crippen molar-refractivity contribution in [1.82, 2.24) is 0 Å². The molecule has 3 rings (SSSR count). The Balaban J connectivity index is 1.78. The summed E-state index contributed by atoms with van der Waals surface area (Å²) in [5, 5.41) is 19.7. The number of fused-ring (bicyclic) bond motifs is 1. The number of methoxy groups -OCH3 is 1. The van der Waals surface area contributed by atoms with Crippen molar-refractivity contribution in [3.05, 3.63) is 64.6 Å². The summed E-state index contributed by atoms with van der Waals surface area (Å²) in [6.07, 6.45) is 0. The van der Waals surface area contributed by atoms with E-state index in [1.165, 1.54) is 13.2 Å². The minimum atomic E-state index is -0.992. The van der Waals surface area contributed by atoms with Crippen LogP contribution in [0.5, 0.6) is 5.75 Å². The van der Waals surface area contributed by atoms with Crippen LogP contribution in [0.2, 0.25) is 0 Å². The summed E-state index contributed by atoms with van der Waals surface area (Å²) >= 11 is 0. The standard InChI is InChI=1S/C20H21NO7/c1-13-19(20(22)26-9-8-25-2)17-11-16(6-7-18(17)28-13)27-12-14-4-3-5-15(10-14)21(23)24/h3-7,10-11,21,23H,8-9,12H2,1-2H3. The van der Waals surface area contributed by atoms with Crippen LogP contribution in [-0.2, 0) is 16.1 Å². The molecule has 0 aliphatic carbocycles. The van der Waals surface area contributed by atoms with Crippen LogP contribution in [0.4, 0.5) is 5.69 Å². The van der Waals surface area contributed by atoms with Crippen molar-refractivity contribution >= 4 is 22.6 Å². The first-order valence-electron chi connectivity index (χ1n) is 8.64. The molecule has 0 amide bonds. The number of nitrogens with one attached hydrogen (secondary N) is 1. The van der Waals surface area contributed by atoms with E-state index in [0.717, 1.165) is 5.56 Å². The molecule has 0 spiro atoms. The van der Waals surface area contributed by atoms with Crippen molar-refractivity contribution in [3.63, 3.8) is 0 Å². The first-order chi connectivity index (χ1) is 13.5. The molecule has 1 aromatic heterocycles. The average Bonchev–Trinajstić information content (AvgIpc) is 3.01. The van der Waals surface area contributed by atoms with Gasteiger partial charge in [0.05, 0.1) is 6.61 Å². The van der Waals surface area contributed by atoms with Gasteiger partial charge in [0.25, 0.3) is 0 Å². The highest BCUT2D eigenvalue weighted by Gasteiger charge is 2.20. The van der Waals surface area contributed by atoms with Crippen LogP contribution in [0.25, 0.3) is 11.0 Å². The second-order valence-corrected chi connectivity index (χ2v) is 6.11. The van der Waals surface area contributed by atoms with Gasteiger partial charge in [-0.05, 0) is 30.7 Å². The molecule has 0 bridgehead atoms. The molecule has 3 aromatic rings. The highest BCUT2D eigenvalue weighted by molar-refractivity contribution is 6.04. The predicted octanol–water partition coefficient (Wildman–Crippen LogP) is 2.53. The number of carbonyl (C=O) groups excluding carboxylic acids is 1. The lowest BCUT2D eigenvalue weighted by atomic mass is 10.1. The Morgan fingerprint density at radius 2 is 2.04 bits per heavy atom. The Kier molecular flexibility index (Phi) is 6.27. The molecule has 1 atom stereocenters. The second kappa shape index (κ2) is 8.85. The van der Waals surface area contributed by atoms with Gasteiger partial charge >= 0.3 is 5.97 Å². The fourth-order valence-electron chi connectivity index (χ4n) is 2.79. The summed E-state index contributed by atoms with van der Waals surface area (Å²) in [6.45, 7) is 2.35. The van der Waals surface area contributed by atoms with E-state index in [9.17, 15) is 10.0 Å². The number of furan rings is 1. The molecule has 8 nitrogen and oxygen atoms in total. The van der Waals surface area contributed by atoms with Crippen LogP contribution in [0.15, 0.2) is 46.9 Å². The topological polar surface area (TPSA) is 106 Å². The van der Waals surface area contributed by atoms with Gasteiger partial charge in [0, 0.05) is 24.6 Å². The maximum atomic E-state index is 12.4. The normalized spacial score (nSPS) is 12.1. The lowest BCUT2D eigenvalue weighted by Crippen LogP contribution is -2.99. The zero-order chi connectivity index (χ0) is 20.1. The summed E-state index contributed by atoms with van der Waals surface area (Å²) in [5.74, 6) is 0.503. The van der Waals surface area contributed by atoms with Crippen molar-refractivity contribution in [2.45, 2.75) is 13.5 Å². The van der Waals surface area contributed by atoms with Crippen LogP contribution >= 0.6 is 0 Å². The van der Waals surface area contributed by atoms with Crippen LogP contribution in [0.3, 0.4) is 0 Å². The van der Waals surface area contributed by atoms with E-state index >= 15 is 0 Å². The van der Waals surface area contributed by atoms with Crippen LogP contribution in [0.1, 0.15) is 21.7 Å². The summed E-state index contributed by atoms with van der Waals surface area (Å²) in [6, 6.07) is 11.7. The Bertz CT molecular complexity index is 964. The van der Waals surface area contributed by atoms with E-state index in [4.69, 9.17) is 23.8 Å². The van der Waals surface area contributed by atoms with Gasteiger partial charge in [0.1, 0.15) is 35.9 Å². The molecular weight excluding hydrogens is 366 g/mol. The number of esters is 1. The van der Waals surface area contributed by atoms with Gasteiger partial charge in [-0.15, -0.1) is 0 Å². The smallest absolute Gasteiger partial charge is 0.342 e. The van der Waals surface area contributed by atoms with Gasteiger partial charge in [-0.1, -0.05) is 12.1 Å². The Labute approximate surface area is 161 Å². The maximum absolute atomic E-state index is 12.4. The Morgan fingerprint density at radius 3 is 2.79 bits per heavy atom. The van der Waals surface area contributed by atoms with E-state index < -0.39 is 11.2 Å². The van der Waals surface area contributed by atoms with Gasteiger partial charge in [0.15, 0.2) is 5.69 Å². The third-order valence-corrected chi connectivity index (χ3v) is 4.14. The SMILES string of the molecule is COCCOC(=O)c1c(C)oc2ccc(OCc3cccc([NH+]([O-])O)c3)cc12. The van der Waals surface area contributed by atoms with Gasteiger partial charge < -0.3 is 23.8 Å². The molecule has 0 aliphatic rings. The van der Waals surface area contributed by atoms with Crippen molar-refractivity contribution in [1.29, 1.82) is 0 Å². The molecule has 8 heteroatoms. The largest absolute Gasteiger partial charge is 0.595 e. The zero-order valence-corrected chi connectivity index (χ0v) is 15.6. The molecule has 28 heavy (non-hydrogen) atoms. The predicted molar refractivity (Wildman–Crippen MR) is 99.7 cm³/mol. The van der Waals surface area contributed by atoms with Crippen LogP contribution in [0, 0.1) is 12.1 Å². The number of aryl methyl sites for hydroxylation is 1. The number of quaternary nitrogens is 1. The molecule has 1 heterocycles. The summed E-state index contributed by atoms with van der Waals surface area (Å²) in [5.41, 5.74) is 1.83. The van der Waals surface area contributed by atoms with Gasteiger partial charge in [-0.25, -0.2) is 10.0 Å². The number of hydrogen-bond donors (Lipinski definition) is 2. The number of hydrogen-bond acceptors (Lipinski definition) is 7. The first kappa shape index (κ1) is 19.8. The molecule has 0 aliphatic heterocycles. The monoisotopic (exact) mass is 387 g/mol. The Hall–Kier alpha value is -2.91. The molecule has 148 valence electrons. The molecule has 0 saturated heterocycles. The summed E-state index contributed by atoms with van der Waals surface area (Å²) in [7, 11) is 1.53. The van der Waals surface area contributed by atoms with Crippen LogP contribution in [-0.4, -0.2) is 31.5 Å². The number of ether oxygens (including phenoxy) is 3. The van der Waals surface area contributed by atoms with Gasteiger partial charge in [0.2, 0.25) is 0 Å². The minimum Gasteiger partial charge on any atom is -0.595 e. The quantitative estimate of drug-likeness (QED) is 0.348. The average molecular weight is 387 g/mol. The number of rotatable bonds is 8. The lowest BCUT2D eigenvalue weighted by molar-refractivity contribution is -0.991. The number of carbonyl (C=O) groups is 1. The highest BCUT2D eigenvalue weighted by atomic mass is 16.8. The molecule has 2 N–H and O–H groups in total. The summed E-state index contributed by atoms with van der Waals surface area (Å²) in [4.78, 5) is 12.4. The minimum absolute atomic E-state index is 0.150. The highest BCUT2D eigenvalue weighted by Crippen LogP contribution is 2.30. The molecule has 1 unspecified atom stereocenters. The molecule has 0 fully saturated rings. The van der Waals surface area contributed by atoms with Crippen molar-refractivity contribution in [2.75, 3.05) is 20.3 Å². The third-order valence-electron chi connectivity index (χ3n) is 4.14. The fraction of sp³-hybridized carbons (Fsp3) is 0.250. The van der Waals surface area contributed by atoms with Crippen LogP contribution < -0.4 is 9.96 Å². The van der Waals surface area contributed by atoms with Crippen molar-refractivity contribution in [3.8, 4) is 5.75 Å². The molecule has 0 radical (unpaired) electrons. The van der Waals surface area contributed by atoms with E-state index in [-0.39, 0.29) is 18.9 Å². The maximum Gasteiger partial charge on any atom is 0.342 e. The van der Waals surface area contributed by atoms with E-state index in [1.54, 1.807) is 43.3 Å². The zero-order valence-electron chi connectivity index (χ0n) is 15.6. The summed E-state index contributed by atoms with van der Waals surface area (Å²) < 4.78 is 21.5. The molecule has 2 aromatic carbocycles. The van der Waals surface area contributed by atoms with E-state index in [0.29, 0.717) is 34.6 Å². The molecular formula is C20H21NO7. The third kappa shape index (κ3) is 4.49. The second-order valence-electron chi connectivity index (χ2n) is 6.11. The molecule has 0 saturated carbocycles. The fourth-order valence-corrected chi connectivity index (χ4v) is 2.79. The van der Waals surface area contributed by atoms with Crippen molar-refractivity contribution in [2.24, 2.45) is 0 Å². The lowest BCUT2D eigenvalue weighted by Gasteiger charge is -2.12. The van der Waals surface area contributed by atoms with Gasteiger partial charge in [-0.2, -0.15) is 5.23 Å². The Morgan fingerprint density at radius 1 is 1.21 bits per heavy atom. The van der Waals surface area contributed by atoms with E-state index in [1.807, 2.05) is 0 Å². The first-order valence-corrected chi connectivity index (χ1v) is 8.64. The number of benzene rings is 2. The van der Waals surface area contributed by atoms with E-state index in [2.05, 4.69) is 0 Å².